The highest BCUT2D eigenvalue weighted by Crippen LogP contribution is 2.38. The van der Waals surface area contributed by atoms with Crippen LogP contribution in [0.5, 0.6) is 0 Å². The van der Waals surface area contributed by atoms with Crippen molar-refractivity contribution in [1.82, 2.24) is 5.32 Å². The van der Waals surface area contributed by atoms with Gasteiger partial charge >= 0.3 is 0 Å². The molecule has 4 nitrogen and oxygen atoms in total. The van der Waals surface area contributed by atoms with Gasteiger partial charge in [-0.25, -0.2) is 0 Å². The molecule has 1 amide bonds. The minimum absolute atomic E-state index is 0.00670. The van der Waals surface area contributed by atoms with Gasteiger partial charge in [0.1, 0.15) is 0 Å². The zero-order chi connectivity index (χ0) is 15.3. The highest BCUT2D eigenvalue weighted by Gasteiger charge is 2.43. The second-order valence-electron chi connectivity index (χ2n) is 6.08. The van der Waals surface area contributed by atoms with E-state index in [2.05, 4.69) is 41.4 Å². The van der Waals surface area contributed by atoms with E-state index in [1.165, 1.54) is 5.69 Å². The summed E-state index contributed by atoms with van der Waals surface area (Å²) in [6.45, 7) is 6.58. The second-order valence-corrected chi connectivity index (χ2v) is 6.08. The number of hydrogen-bond donors (Lipinski definition) is 2. The number of anilines is 1. The van der Waals surface area contributed by atoms with Gasteiger partial charge in [0.15, 0.2) is 0 Å². The van der Waals surface area contributed by atoms with E-state index in [1.54, 1.807) is 0 Å². The largest absolute Gasteiger partial charge is 0.372 e. The van der Waals surface area contributed by atoms with Gasteiger partial charge in [-0.05, 0) is 51.2 Å². The molecule has 0 aliphatic heterocycles. The first-order valence-electron chi connectivity index (χ1n) is 7.93. The number of nitrogens with zero attached hydrogens (tertiary/aromatic N) is 1. The van der Waals surface area contributed by atoms with Gasteiger partial charge in [0.05, 0.1) is 5.54 Å². The Bertz CT molecular complexity index is 454. The third-order valence-corrected chi connectivity index (χ3v) is 4.31. The Kier molecular flexibility index (Phi) is 5.23. The molecule has 1 aliphatic carbocycles. The number of benzene rings is 1. The van der Waals surface area contributed by atoms with E-state index in [4.69, 9.17) is 5.73 Å². The summed E-state index contributed by atoms with van der Waals surface area (Å²) in [7, 11) is 0. The van der Waals surface area contributed by atoms with Gasteiger partial charge in [0.25, 0.3) is 0 Å². The predicted molar refractivity (Wildman–Crippen MR) is 87.3 cm³/mol. The number of nitrogens with two attached hydrogens (primary N) is 1. The Morgan fingerprint density at radius 1 is 1.38 bits per heavy atom. The van der Waals surface area contributed by atoms with Crippen LogP contribution in [0, 0.1) is 5.92 Å². The zero-order valence-electron chi connectivity index (χ0n) is 13.1. The number of rotatable bonds is 8. The van der Waals surface area contributed by atoms with E-state index in [0.29, 0.717) is 12.5 Å². The van der Waals surface area contributed by atoms with Crippen LogP contribution in [-0.2, 0) is 4.79 Å². The van der Waals surface area contributed by atoms with Crippen LogP contribution in [0.2, 0.25) is 0 Å². The standard InChI is InChI=1S/C17H27N3O/c1-3-20(15-8-5-4-6-9-15)13-7-12-19-16(21)17(2,18)14-10-11-14/h4-6,8-9,14H,3,7,10-13,18H2,1-2H3,(H,19,21). The average Bonchev–Trinajstić information content (AvgIpc) is 3.33. The number of carbonyl (C=O) groups excluding carboxylic acids is 1. The Balaban J connectivity index is 1.72. The van der Waals surface area contributed by atoms with Crippen molar-refractivity contribution in [2.45, 2.75) is 38.6 Å². The van der Waals surface area contributed by atoms with Gasteiger partial charge in [-0.3, -0.25) is 4.79 Å². The molecule has 21 heavy (non-hydrogen) atoms. The van der Waals surface area contributed by atoms with E-state index < -0.39 is 5.54 Å². The van der Waals surface area contributed by atoms with Crippen LogP contribution in [0.3, 0.4) is 0 Å². The van der Waals surface area contributed by atoms with Crippen LogP contribution < -0.4 is 16.0 Å². The number of carbonyl (C=O) groups is 1. The third kappa shape index (κ3) is 4.21. The Morgan fingerprint density at radius 3 is 2.62 bits per heavy atom. The van der Waals surface area contributed by atoms with Crippen molar-refractivity contribution < 1.29 is 4.79 Å². The maximum absolute atomic E-state index is 12.1. The second kappa shape index (κ2) is 6.94. The molecule has 0 bridgehead atoms. The van der Waals surface area contributed by atoms with E-state index in [0.717, 1.165) is 32.4 Å². The third-order valence-electron chi connectivity index (χ3n) is 4.31. The molecule has 4 heteroatoms. The minimum Gasteiger partial charge on any atom is -0.372 e. The van der Waals surface area contributed by atoms with Gasteiger partial charge in [-0.15, -0.1) is 0 Å². The van der Waals surface area contributed by atoms with Crippen LogP contribution in [0.15, 0.2) is 30.3 Å². The van der Waals surface area contributed by atoms with Gasteiger partial charge in [0.2, 0.25) is 5.91 Å². The van der Waals surface area contributed by atoms with E-state index >= 15 is 0 Å². The van der Waals surface area contributed by atoms with E-state index in [-0.39, 0.29) is 5.91 Å². The van der Waals surface area contributed by atoms with E-state index in [9.17, 15) is 4.79 Å². The van der Waals surface area contributed by atoms with Gasteiger partial charge < -0.3 is 16.0 Å². The molecule has 1 atom stereocenters. The summed E-state index contributed by atoms with van der Waals surface area (Å²) in [5.74, 6) is 0.363. The number of nitrogens with one attached hydrogen (secondary N) is 1. The maximum Gasteiger partial charge on any atom is 0.240 e. The minimum atomic E-state index is -0.691. The summed E-state index contributed by atoms with van der Waals surface area (Å²) in [4.78, 5) is 14.4. The van der Waals surface area contributed by atoms with Crippen LogP contribution >= 0.6 is 0 Å². The number of hydrogen-bond acceptors (Lipinski definition) is 3. The number of amides is 1. The Morgan fingerprint density at radius 2 is 2.05 bits per heavy atom. The summed E-state index contributed by atoms with van der Waals surface area (Å²) in [5, 5.41) is 2.98. The number of para-hydroxylation sites is 1. The molecule has 0 spiro atoms. The molecule has 0 radical (unpaired) electrons. The van der Waals surface area contributed by atoms with Gasteiger partial charge in [-0.1, -0.05) is 18.2 Å². The summed E-state index contributed by atoms with van der Waals surface area (Å²) < 4.78 is 0. The van der Waals surface area contributed by atoms with Crippen molar-refractivity contribution in [1.29, 1.82) is 0 Å². The molecule has 1 unspecified atom stereocenters. The highest BCUT2D eigenvalue weighted by atomic mass is 16.2. The quantitative estimate of drug-likeness (QED) is 0.721. The first-order chi connectivity index (χ1) is 10.1. The smallest absolute Gasteiger partial charge is 0.240 e. The lowest BCUT2D eigenvalue weighted by atomic mass is 9.96. The molecule has 1 saturated carbocycles. The fourth-order valence-corrected chi connectivity index (χ4v) is 2.64. The summed E-state index contributed by atoms with van der Waals surface area (Å²) in [6, 6.07) is 10.4. The molecular weight excluding hydrogens is 262 g/mol. The lowest BCUT2D eigenvalue weighted by Crippen LogP contribution is -2.53. The normalized spacial score (nSPS) is 17.1. The summed E-state index contributed by atoms with van der Waals surface area (Å²) in [5.41, 5.74) is 6.64. The predicted octanol–water partition coefficient (Wildman–Crippen LogP) is 2.15. The average molecular weight is 289 g/mol. The van der Waals surface area contributed by atoms with Crippen molar-refractivity contribution in [3.05, 3.63) is 30.3 Å². The fourth-order valence-electron chi connectivity index (χ4n) is 2.64. The first-order valence-corrected chi connectivity index (χ1v) is 7.93. The first kappa shape index (κ1) is 15.8. The molecule has 2 rings (SSSR count). The molecule has 3 N–H and O–H groups in total. The molecule has 1 fully saturated rings. The highest BCUT2D eigenvalue weighted by molar-refractivity contribution is 5.86. The molecule has 1 aliphatic rings. The molecule has 0 saturated heterocycles. The fraction of sp³-hybridized carbons (Fsp3) is 0.588. The zero-order valence-corrected chi connectivity index (χ0v) is 13.1. The van der Waals surface area contributed by atoms with Gasteiger partial charge in [0, 0.05) is 25.3 Å². The van der Waals surface area contributed by atoms with Crippen molar-refractivity contribution in [2.75, 3.05) is 24.5 Å². The Hall–Kier alpha value is -1.55. The van der Waals surface area contributed by atoms with Crippen LogP contribution in [-0.4, -0.2) is 31.1 Å². The topological polar surface area (TPSA) is 58.4 Å². The van der Waals surface area contributed by atoms with Crippen molar-refractivity contribution in [2.24, 2.45) is 11.7 Å². The molecular formula is C17H27N3O. The van der Waals surface area contributed by atoms with Gasteiger partial charge in [-0.2, -0.15) is 0 Å². The van der Waals surface area contributed by atoms with Crippen LogP contribution in [0.1, 0.15) is 33.1 Å². The van der Waals surface area contributed by atoms with Crippen molar-refractivity contribution in [3.63, 3.8) is 0 Å². The van der Waals surface area contributed by atoms with E-state index in [1.807, 2.05) is 13.0 Å². The monoisotopic (exact) mass is 289 g/mol. The lowest BCUT2D eigenvalue weighted by Gasteiger charge is -2.25. The molecule has 1 aromatic rings. The lowest BCUT2D eigenvalue weighted by molar-refractivity contribution is -0.126. The summed E-state index contributed by atoms with van der Waals surface area (Å²) in [6.07, 6.45) is 3.09. The van der Waals surface area contributed by atoms with Crippen molar-refractivity contribution >= 4 is 11.6 Å². The maximum atomic E-state index is 12.1. The molecule has 0 heterocycles. The van der Waals surface area contributed by atoms with Crippen LogP contribution in [0.4, 0.5) is 5.69 Å². The molecule has 1 aromatic carbocycles. The molecule has 0 aromatic heterocycles. The Labute approximate surface area is 127 Å². The molecule has 116 valence electrons. The summed E-state index contributed by atoms with van der Waals surface area (Å²) >= 11 is 0. The van der Waals surface area contributed by atoms with Crippen molar-refractivity contribution in [3.8, 4) is 0 Å². The SMILES string of the molecule is CCN(CCCNC(=O)C(C)(N)C1CC1)c1ccccc1. The van der Waals surface area contributed by atoms with Crippen LogP contribution in [0.25, 0.3) is 0 Å².